The van der Waals surface area contributed by atoms with Gasteiger partial charge in [0.05, 0.1) is 17.1 Å². The molecule has 0 unspecified atom stereocenters. The van der Waals surface area contributed by atoms with Crippen molar-refractivity contribution in [2.45, 2.75) is 12.0 Å². The van der Waals surface area contributed by atoms with E-state index in [9.17, 15) is 4.79 Å². The molecule has 2 atom stereocenters. The highest BCUT2D eigenvalue weighted by molar-refractivity contribution is 7.07. The molecule has 0 saturated carbocycles. The summed E-state index contributed by atoms with van der Waals surface area (Å²) in [6, 6.07) is -1.09. The number of thiazole rings is 1. The first kappa shape index (κ1) is 9.71. The Morgan fingerprint density at radius 1 is 1.85 bits per heavy atom. The molecule has 13 heavy (non-hydrogen) atoms. The third-order valence-electron chi connectivity index (χ3n) is 1.59. The first-order valence-electron chi connectivity index (χ1n) is 3.49. The molecule has 0 aliphatic rings. The molecule has 0 bridgehead atoms. The Balaban J connectivity index is 2.88. The summed E-state index contributed by atoms with van der Waals surface area (Å²) in [5.41, 5.74) is 7.52. The van der Waals surface area contributed by atoms with E-state index in [0.717, 1.165) is 0 Å². The number of rotatable bonds is 3. The van der Waals surface area contributed by atoms with Crippen LogP contribution in [-0.2, 0) is 4.79 Å². The first-order chi connectivity index (χ1) is 6.16. The van der Waals surface area contributed by atoms with Gasteiger partial charge in [0.25, 0.3) is 0 Å². The molecule has 0 aliphatic carbocycles. The molecular formula is C8H8N2O2S. The number of hydrogen-bond acceptors (Lipinski definition) is 4. The van der Waals surface area contributed by atoms with Gasteiger partial charge in [0.1, 0.15) is 6.04 Å². The summed E-state index contributed by atoms with van der Waals surface area (Å²) in [7, 11) is 0. The van der Waals surface area contributed by atoms with Gasteiger partial charge >= 0.3 is 5.97 Å². The topological polar surface area (TPSA) is 76.2 Å². The Morgan fingerprint density at radius 2 is 2.54 bits per heavy atom. The number of nitrogens with zero attached hydrogens (tertiary/aromatic N) is 1. The van der Waals surface area contributed by atoms with Crippen LogP contribution in [0.4, 0.5) is 0 Å². The lowest BCUT2D eigenvalue weighted by Gasteiger charge is -2.11. The van der Waals surface area contributed by atoms with Gasteiger partial charge in [-0.05, 0) is 0 Å². The smallest absolute Gasteiger partial charge is 0.322 e. The quantitative estimate of drug-likeness (QED) is 0.680. The van der Waals surface area contributed by atoms with Gasteiger partial charge in [-0.3, -0.25) is 4.79 Å². The molecule has 1 aromatic heterocycles. The number of carboxylic acid groups (broad SMARTS) is 1. The minimum atomic E-state index is -1.11. The van der Waals surface area contributed by atoms with Crippen molar-refractivity contribution in [3.63, 3.8) is 0 Å². The molecular weight excluding hydrogens is 188 g/mol. The molecule has 1 heterocycles. The summed E-state index contributed by atoms with van der Waals surface area (Å²) in [6.45, 7) is 0. The van der Waals surface area contributed by atoms with Gasteiger partial charge in [-0.2, -0.15) is 0 Å². The number of carbonyl (C=O) groups is 1. The van der Waals surface area contributed by atoms with E-state index in [-0.39, 0.29) is 0 Å². The zero-order chi connectivity index (χ0) is 9.84. The standard InChI is InChI=1S/C8H8N2O2S/c1-2-5(7(9)8(11)12)6-3-13-4-10-6/h1,3-5,7H,9H2,(H,11,12)/t5-,7-/m0/s1. The lowest BCUT2D eigenvalue weighted by molar-refractivity contribution is -0.138. The predicted octanol–water partition coefficient (Wildman–Crippen LogP) is 0.272. The molecule has 0 spiro atoms. The molecule has 1 rings (SSSR count). The largest absolute Gasteiger partial charge is 0.480 e. The maximum atomic E-state index is 10.5. The van der Waals surface area contributed by atoms with E-state index < -0.39 is 17.9 Å². The van der Waals surface area contributed by atoms with Gasteiger partial charge in [0.15, 0.2) is 0 Å². The van der Waals surface area contributed by atoms with Crippen molar-refractivity contribution in [1.82, 2.24) is 4.98 Å². The molecule has 5 heteroatoms. The van der Waals surface area contributed by atoms with Crippen LogP contribution in [0.1, 0.15) is 11.6 Å². The van der Waals surface area contributed by atoms with E-state index in [1.807, 2.05) is 0 Å². The lowest BCUT2D eigenvalue weighted by atomic mass is 9.99. The number of nitrogens with two attached hydrogens (primary N) is 1. The Morgan fingerprint density at radius 3 is 2.92 bits per heavy atom. The van der Waals surface area contributed by atoms with Gasteiger partial charge in [0, 0.05) is 5.38 Å². The molecule has 0 aromatic carbocycles. The van der Waals surface area contributed by atoms with E-state index in [4.69, 9.17) is 17.3 Å². The van der Waals surface area contributed by atoms with Crippen LogP contribution in [0.2, 0.25) is 0 Å². The fourth-order valence-corrected chi connectivity index (χ4v) is 1.48. The molecule has 4 nitrogen and oxygen atoms in total. The normalized spacial score (nSPS) is 14.5. The minimum Gasteiger partial charge on any atom is -0.480 e. The van der Waals surface area contributed by atoms with Gasteiger partial charge < -0.3 is 10.8 Å². The Labute approximate surface area is 79.4 Å². The van der Waals surface area contributed by atoms with Crippen molar-refractivity contribution in [3.8, 4) is 12.3 Å². The summed E-state index contributed by atoms with van der Waals surface area (Å²) >= 11 is 1.36. The zero-order valence-corrected chi connectivity index (χ0v) is 7.49. The van der Waals surface area contributed by atoms with Crippen molar-refractivity contribution in [3.05, 3.63) is 16.6 Å². The monoisotopic (exact) mass is 196 g/mol. The Hall–Kier alpha value is -1.38. The van der Waals surface area contributed by atoms with E-state index in [1.165, 1.54) is 11.3 Å². The molecule has 68 valence electrons. The molecule has 0 radical (unpaired) electrons. The summed E-state index contributed by atoms with van der Waals surface area (Å²) in [5.74, 6) is 0.560. The van der Waals surface area contributed by atoms with Crippen molar-refractivity contribution < 1.29 is 9.90 Å². The van der Waals surface area contributed by atoms with Gasteiger partial charge in [-0.15, -0.1) is 17.8 Å². The summed E-state index contributed by atoms with van der Waals surface area (Å²) in [4.78, 5) is 14.5. The van der Waals surface area contributed by atoms with Gasteiger partial charge in [-0.1, -0.05) is 5.92 Å². The van der Waals surface area contributed by atoms with Crippen LogP contribution in [0.15, 0.2) is 10.9 Å². The summed E-state index contributed by atoms with van der Waals surface area (Å²) < 4.78 is 0. The SMILES string of the molecule is C#C[C@@H](c1cscn1)[C@H](N)C(=O)O. The second-order valence-electron chi connectivity index (χ2n) is 2.42. The van der Waals surface area contributed by atoms with Gasteiger partial charge in [0.2, 0.25) is 0 Å². The average molecular weight is 196 g/mol. The maximum Gasteiger partial charge on any atom is 0.322 e. The van der Waals surface area contributed by atoms with Crippen LogP contribution in [0, 0.1) is 12.3 Å². The van der Waals surface area contributed by atoms with Crippen LogP contribution in [-0.4, -0.2) is 22.1 Å². The van der Waals surface area contributed by atoms with Crippen LogP contribution in [0.5, 0.6) is 0 Å². The highest BCUT2D eigenvalue weighted by Crippen LogP contribution is 2.17. The zero-order valence-electron chi connectivity index (χ0n) is 6.68. The predicted molar refractivity (Wildman–Crippen MR) is 49.3 cm³/mol. The first-order valence-corrected chi connectivity index (χ1v) is 4.43. The van der Waals surface area contributed by atoms with Crippen molar-refractivity contribution >= 4 is 17.3 Å². The van der Waals surface area contributed by atoms with E-state index in [0.29, 0.717) is 5.69 Å². The molecule has 3 N–H and O–H groups in total. The number of aliphatic carboxylic acids is 1. The second-order valence-corrected chi connectivity index (χ2v) is 3.14. The number of aromatic nitrogens is 1. The van der Waals surface area contributed by atoms with Crippen LogP contribution >= 0.6 is 11.3 Å². The third kappa shape index (κ3) is 2.05. The fraction of sp³-hybridized carbons (Fsp3) is 0.250. The molecule has 1 aromatic rings. The summed E-state index contributed by atoms with van der Waals surface area (Å²) in [6.07, 6.45) is 5.17. The average Bonchev–Trinajstić information content (AvgIpc) is 2.58. The third-order valence-corrected chi connectivity index (χ3v) is 2.20. The fourth-order valence-electron chi connectivity index (χ4n) is 0.891. The van der Waals surface area contributed by atoms with Crippen LogP contribution < -0.4 is 5.73 Å². The Bertz CT molecular complexity index is 328. The van der Waals surface area contributed by atoms with E-state index in [2.05, 4.69) is 10.9 Å². The molecule has 0 aliphatic heterocycles. The van der Waals surface area contributed by atoms with Crippen molar-refractivity contribution in [2.75, 3.05) is 0 Å². The highest BCUT2D eigenvalue weighted by Gasteiger charge is 2.25. The lowest BCUT2D eigenvalue weighted by Crippen LogP contribution is -2.36. The van der Waals surface area contributed by atoms with Crippen molar-refractivity contribution in [1.29, 1.82) is 0 Å². The van der Waals surface area contributed by atoms with Crippen LogP contribution in [0.25, 0.3) is 0 Å². The summed E-state index contributed by atoms with van der Waals surface area (Å²) in [5, 5.41) is 10.3. The number of terminal acetylenes is 1. The minimum absolute atomic E-state index is 0.544. The van der Waals surface area contributed by atoms with Crippen molar-refractivity contribution in [2.24, 2.45) is 5.73 Å². The molecule has 0 fully saturated rings. The number of carboxylic acids is 1. The highest BCUT2D eigenvalue weighted by atomic mass is 32.1. The van der Waals surface area contributed by atoms with E-state index in [1.54, 1.807) is 10.9 Å². The second kappa shape index (κ2) is 4.03. The number of hydrogen-bond donors (Lipinski definition) is 2. The molecule has 0 saturated heterocycles. The van der Waals surface area contributed by atoms with Crippen LogP contribution in [0.3, 0.4) is 0 Å². The van der Waals surface area contributed by atoms with Gasteiger partial charge in [-0.25, -0.2) is 4.98 Å². The van der Waals surface area contributed by atoms with E-state index >= 15 is 0 Å². The molecule has 0 amide bonds. The maximum absolute atomic E-state index is 10.5. The Kier molecular flexibility index (Phi) is 3.01.